The molecule has 0 saturated heterocycles. The number of aromatic nitrogens is 2. The molecule has 0 aliphatic carbocycles. The van der Waals surface area contributed by atoms with Crippen LogP contribution in [0.4, 0.5) is 11.5 Å². The maximum Gasteiger partial charge on any atom is 0.163 e. The van der Waals surface area contributed by atoms with Crippen LogP contribution in [0.5, 0.6) is 11.5 Å². The third-order valence-electron chi connectivity index (χ3n) is 4.37. The molecule has 1 aromatic heterocycles. The van der Waals surface area contributed by atoms with Crippen molar-refractivity contribution in [1.29, 1.82) is 0 Å². The van der Waals surface area contributed by atoms with Crippen LogP contribution < -0.4 is 14.8 Å². The second kappa shape index (κ2) is 10.6. The van der Waals surface area contributed by atoms with Crippen LogP contribution in [-0.2, 0) is 9.47 Å². The number of nitrogens with one attached hydrogen (secondary N) is 1. The van der Waals surface area contributed by atoms with E-state index in [1.54, 1.807) is 6.07 Å². The van der Waals surface area contributed by atoms with Gasteiger partial charge in [0.15, 0.2) is 11.5 Å². The van der Waals surface area contributed by atoms with Crippen LogP contribution in [-0.4, -0.2) is 43.0 Å². The minimum atomic E-state index is -0.290. The van der Waals surface area contributed by atoms with E-state index in [2.05, 4.69) is 21.2 Å². The first-order valence-electron chi connectivity index (χ1n) is 9.35. The van der Waals surface area contributed by atoms with Crippen molar-refractivity contribution in [1.82, 2.24) is 9.97 Å². The fourth-order valence-electron chi connectivity index (χ4n) is 2.94. The molecule has 1 atom stereocenters. The molecule has 1 unspecified atom stereocenters. The van der Waals surface area contributed by atoms with E-state index in [1.807, 2.05) is 36.4 Å². The lowest BCUT2D eigenvalue weighted by Crippen LogP contribution is -2.22. The Morgan fingerprint density at radius 1 is 0.967 bits per heavy atom. The van der Waals surface area contributed by atoms with Crippen molar-refractivity contribution >= 4 is 23.9 Å². The largest absolute Gasteiger partial charge is 0.487 e. The summed E-state index contributed by atoms with van der Waals surface area (Å²) in [6.45, 7) is 2.15. The molecule has 2 aliphatic heterocycles. The van der Waals surface area contributed by atoms with Gasteiger partial charge in [0.25, 0.3) is 0 Å². The van der Waals surface area contributed by atoms with Gasteiger partial charge in [-0.05, 0) is 30.3 Å². The Morgan fingerprint density at radius 2 is 1.87 bits per heavy atom. The highest BCUT2D eigenvalue weighted by molar-refractivity contribution is 5.85. The summed E-state index contributed by atoms with van der Waals surface area (Å²) >= 11 is 0. The van der Waals surface area contributed by atoms with Crippen LogP contribution in [0.1, 0.15) is 17.4 Å². The molecule has 3 heterocycles. The molecule has 0 fully saturated rings. The van der Waals surface area contributed by atoms with Gasteiger partial charge in [0, 0.05) is 17.3 Å². The number of terminal acetylenes is 1. The second-order valence-corrected chi connectivity index (χ2v) is 6.37. The first kappa shape index (κ1) is 21.7. The van der Waals surface area contributed by atoms with Crippen molar-refractivity contribution < 1.29 is 18.9 Å². The second-order valence-electron chi connectivity index (χ2n) is 6.37. The minimum absolute atomic E-state index is 0. The minimum Gasteiger partial charge on any atom is -0.487 e. The van der Waals surface area contributed by atoms with Gasteiger partial charge in [-0.15, -0.1) is 18.8 Å². The summed E-state index contributed by atoms with van der Waals surface area (Å²) in [5.41, 5.74) is 2.33. The number of halogens is 1. The molecule has 156 valence electrons. The normalized spacial score (nSPS) is 17.0. The van der Waals surface area contributed by atoms with E-state index < -0.39 is 0 Å². The third-order valence-corrected chi connectivity index (χ3v) is 4.37. The standard InChI is InChI=1S/C22H21N3O4.ClH/c1-2-16-4-3-5-17(12-16)25-22-7-6-19-20-13-18(23-15-24-22)21(14-29-20)28-11-9-26-8-10-27-19;/h1,3-7,12-13,15,21H,8-11,14H2,(H,23,24,25);1H. The van der Waals surface area contributed by atoms with Crippen LogP contribution in [0, 0.1) is 12.3 Å². The number of nitrogens with zero attached hydrogens (tertiary/aromatic N) is 2. The number of anilines is 2. The van der Waals surface area contributed by atoms with Crippen molar-refractivity contribution in [3.63, 3.8) is 0 Å². The number of hydrogen-bond acceptors (Lipinski definition) is 7. The molecular weight excluding hydrogens is 406 g/mol. The number of benzene rings is 1. The summed E-state index contributed by atoms with van der Waals surface area (Å²) in [5.74, 6) is 4.38. The topological polar surface area (TPSA) is 74.7 Å². The Balaban J connectivity index is 0.00000256. The first-order valence-corrected chi connectivity index (χ1v) is 9.35. The molecule has 30 heavy (non-hydrogen) atoms. The van der Waals surface area contributed by atoms with E-state index in [0.717, 1.165) is 16.9 Å². The van der Waals surface area contributed by atoms with E-state index in [1.165, 1.54) is 6.33 Å². The molecule has 8 heteroatoms. The van der Waals surface area contributed by atoms with E-state index in [9.17, 15) is 0 Å². The smallest absolute Gasteiger partial charge is 0.163 e. The van der Waals surface area contributed by atoms with Gasteiger partial charge < -0.3 is 24.3 Å². The average Bonchev–Trinajstić information content (AvgIpc) is 2.74. The van der Waals surface area contributed by atoms with E-state index in [4.69, 9.17) is 25.4 Å². The molecule has 0 radical (unpaired) electrons. The Kier molecular flexibility index (Phi) is 7.69. The van der Waals surface area contributed by atoms with E-state index in [-0.39, 0.29) is 18.5 Å². The van der Waals surface area contributed by atoms with Gasteiger partial charge in [-0.1, -0.05) is 12.0 Å². The zero-order chi connectivity index (χ0) is 19.9. The molecular formula is C22H22ClN3O4. The summed E-state index contributed by atoms with van der Waals surface area (Å²) in [7, 11) is 0. The Bertz CT molecular complexity index is 979. The third kappa shape index (κ3) is 5.51. The predicted molar refractivity (Wildman–Crippen MR) is 115 cm³/mol. The van der Waals surface area contributed by atoms with Gasteiger partial charge >= 0.3 is 0 Å². The van der Waals surface area contributed by atoms with Gasteiger partial charge in [-0.25, -0.2) is 9.97 Å². The summed E-state index contributed by atoms with van der Waals surface area (Å²) in [4.78, 5) is 8.93. The van der Waals surface area contributed by atoms with Crippen LogP contribution in [0.3, 0.4) is 0 Å². The lowest BCUT2D eigenvalue weighted by atomic mass is 10.2. The summed E-state index contributed by atoms with van der Waals surface area (Å²) < 4.78 is 23.1. The Morgan fingerprint density at radius 3 is 2.77 bits per heavy atom. The summed E-state index contributed by atoms with van der Waals surface area (Å²) in [6.07, 6.45) is 6.69. The van der Waals surface area contributed by atoms with Crippen molar-refractivity contribution in [3.8, 4) is 23.8 Å². The zero-order valence-corrected chi connectivity index (χ0v) is 17.1. The maximum absolute atomic E-state index is 5.89. The van der Waals surface area contributed by atoms with Gasteiger partial charge in [-0.3, -0.25) is 0 Å². The van der Waals surface area contributed by atoms with Crippen LogP contribution in [0.2, 0.25) is 0 Å². The fourth-order valence-corrected chi connectivity index (χ4v) is 2.94. The Hall–Kier alpha value is -3.05. The highest BCUT2D eigenvalue weighted by Gasteiger charge is 2.21. The Labute approximate surface area is 181 Å². The van der Waals surface area contributed by atoms with Crippen molar-refractivity contribution in [2.45, 2.75) is 6.10 Å². The van der Waals surface area contributed by atoms with E-state index in [0.29, 0.717) is 50.4 Å². The molecule has 1 N–H and O–H groups in total. The van der Waals surface area contributed by atoms with Gasteiger partial charge in [0.05, 0.1) is 25.5 Å². The lowest BCUT2D eigenvalue weighted by Gasteiger charge is -2.24. The van der Waals surface area contributed by atoms with Crippen LogP contribution in [0.15, 0.2) is 48.8 Å². The SMILES string of the molecule is C#Cc1cccc(Nc2ccc3c4cc(ncn2)C(CO4)OCCOCCO3)c1.Cl. The van der Waals surface area contributed by atoms with Gasteiger partial charge in [-0.2, -0.15) is 0 Å². The summed E-state index contributed by atoms with van der Waals surface area (Å²) in [5, 5.41) is 3.24. The molecule has 7 nitrogen and oxygen atoms in total. The van der Waals surface area contributed by atoms with Crippen molar-refractivity contribution in [3.05, 3.63) is 60.0 Å². The predicted octanol–water partition coefficient (Wildman–Crippen LogP) is 3.61. The van der Waals surface area contributed by atoms with Gasteiger partial charge in [0.1, 0.15) is 31.5 Å². The number of ether oxygens (including phenoxy) is 4. The summed E-state index contributed by atoms with van der Waals surface area (Å²) in [6, 6.07) is 13.0. The van der Waals surface area contributed by atoms with Crippen molar-refractivity contribution in [2.75, 3.05) is 38.4 Å². The first-order chi connectivity index (χ1) is 14.3. The van der Waals surface area contributed by atoms with Crippen molar-refractivity contribution in [2.24, 2.45) is 0 Å². The lowest BCUT2D eigenvalue weighted by molar-refractivity contribution is -0.0287. The highest BCUT2D eigenvalue weighted by atomic mass is 35.5. The monoisotopic (exact) mass is 427 g/mol. The molecule has 4 bridgehead atoms. The molecule has 2 aromatic rings. The van der Waals surface area contributed by atoms with Crippen LogP contribution in [0.25, 0.3) is 0 Å². The quantitative estimate of drug-likeness (QED) is 0.734. The number of hydrogen-bond donors (Lipinski definition) is 1. The zero-order valence-electron chi connectivity index (χ0n) is 16.2. The molecule has 0 amide bonds. The van der Waals surface area contributed by atoms with Crippen LogP contribution >= 0.6 is 12.4 Å². The molecule has 2 aliphatic rings. The molecule has 0 spiro atoms. The van der Waals surface area contributed by atoms with Gasteiger partial charge in [0.2, 0.25) is 0 Å². The van der Waals surface area contributed by atoms with E-state index >= 15 is 0 Å². The highest BCUT2D eigenvalue weighted by Crippen LogP contribution is 2.33. The number of rotatable bonds is 2. The maximum atomic E-state index is 5.89. The molecule has 4 rings (SSSR count). The fraction of sp³-hybridized carbons (Fsp3) is 0.273. The molecule has 0 saturated carbocycles. The average molecular weight is 428 g/mol. The molecule has 1 aromatic carbocycles.